The molecule has 1 aromatic heterocycles. The first kappa shape index (κ1) is 15.0. The van der Waals surface area contributed by atoms with Crippen LogP contribution in [0.25, 0.3) is 0 Å². The molecule has 2 heterocycles. The van der Waals surface area contributed by atoms with Crippen molar-refractivity contribution in [3.05, 3.63) is 18.0 Å². The molecule has 0 radical (unpaired) electrons. The number of piperazine rings is 1. The van der Waals surface area contributed by atoms with Crippen LogP contribution in [-0.4, -0.2) is 39.4 Å². The van der Waals surface area contributed by atoms with E-state index < -0.39 is 0 Å². The van der Waals surface area contributed by atoms with Crippen LogP contribution in [0, 0.1) is 0 Å². The SMILES string of the molecule is CCCC1CN(Cc2ccn(C)n2)C2(CCCCC2)CN1. The van der Waals surface area contributed by atoms with Crippen LogP contribution in [0.1, 0.15) is 57.6 Å². The lowest BCUT2D eigenvalue weighted by atomic mass is 9.78. The van der Waals surface area contributed by atoms with Crippen molar-refractivity contribution < 1.29 is 0 Å². The summed E-state index contributed by atoms with van der Waals surface area (Å²) < 4.78 is 1.93. The molecule has 1 saturated carbocycles. The van der Waals surface area contributed by atoms with Gasteiger partial charge >= 0.3 is 0 Å². The summed E-state index contributed by atoms with van der Waals surface area (Å²) in [5.41, 5.74) is 1.61. The quantitative estimate of drug-likeness (QED) is 0.925. The number of rotatable bonds is 4. The van der Waals surface area contributed by atoms with Crippen molar-refractivity contribution in [2.75, 3.05) is 13.1 Å². The van der Waals surface area contributed by atoms with Crippen molar-refractivity contribution in [3.8, 4) is 0 Å². The Morgan fingerprint density at radius 2 is 2.14 bits per heavy atom. The molecule has 1 unspecified atom stereocenters. The molecule has 1 aliphatic heterocycles. The van der Waals surface area contributed by atoms with Gasteiger partial charge in [-0.15, -0.1) is 0 Å². The average molecular weight is 290 g/mol. The van der Waals surface area contributed by atoms with E-state index in [2.05, 4.69) is 34.5 Å². The van der Waals surface area contributed by atoms with Gasteiger partial charge in [0, 0.05) is 44.5 Å². The van der Waals surface area contributed by atoms with E-state index in [-0.39, 0.29) is 0 Å². The maximum Gasteiger partial charge on any atom is 0.0764 e. The highest BCUT2D eigenvalue weighted by atomic mass is 15.3. The fraction of sp³-hybridized carbons (Fsp3) is 0.824. The van der Waals surface area contributed by atoms with E-state index in [1.807, 2.05) is 11.7 Å². The van der Waals surface area contributed by atoms with Crippen molar-refractivity contribution in [2.24, 2.45) is 7.05 Å². The summed E-state index contributed by atoms with van der Waals surface area (Å²) in [5.74, 6) is 0. The smallest absolute Gasteiger partial charge is 0.0764 e. The topological polar surface area (TPSA) is 33.1 Å². The molecule has 4 nitrogen and oxygen atoms in total. The molecule has 21 heavy (non-hydrogen) atoms. The van der Waals surface area contributed by atoms with Gasteiger partial charge in [-0.3, -0.25) is 9.58 Å². The van der Waals surface area contributed by atoms with Crippen LogP contribution in [0.5, 0.6) is 0 Å². The van der Waals surface area contributed by atoms with E-state index in [9.17, 15) is 0 Å². The van der Waals surface area contributed by atoms with Gasteiger partial charge in [0.15, 0.2) is 0 Å². The molecular formula is C17H30N4. The zero-order chi connectivity index (χ0) is 14.7. The van der Waals surface area contributed by atoms with E-state index in [4.69, 9.17) is 0 Å². The van der Waals surface area contributed by atoms with Crippen molar-refractivity contribution >= 4 is 0 Å². The van der Waals surface area contributed by atoms with Crippen LogP contribution in [-0.2, 0) is 13.6 Å². The van der Waals surface area contributed by atoms with Crippen molar-refractivity contribution in [1.82, 2.24) is 20.0 Å². The Hall–Kier alpha value is -0.870. The molecule has 1 aromatic rings. The Bertz CT molecular complexity index is 447. The molecule has 1 spiro atoms. The molecule has 0 amide bonds. The van der Waals surface area contributed by atoms with Gasteiger partial charge in [0.05, 0.1) is 5.69 Å². The van der Waals surface area contributed by atoms with Crippen molar-refractivity contribution in [3.63, 3.8) is 0 Å². The zero-order valence-electron chi connectivity index (χ0n) is 13.6. The van der Waals surface area contributed by atoms with E-state index in [0.717, 1.165) is 6.54 Å². The Morgan fingerprint density at radius 1 is 1.33 bits per heavy atom. The average Bonchev–Trinajstić information content (AvgIpc) is 2.90. The summed E-state index contributed by atoms with van der Waals surface area (Å²) in [7, 11) is 2.01. The molecule has 0 bridgehead atoms. The molecule has 1 N–H and O–H groups in total. The summed E-state index contributed by atoms with van der Waals surface area (Å²) in [6.45, 7) is 5.66. The lowest BCUT2D eigenvalue weighted by Gasteiger charge is -2.52. The third-order valence-electron chi connectivity index (χ3n) is 5.37. The molecule has 1 atom stereocenters. The van der Waals surface area contributed by atoms with Gasteiger partial charge in [0.25, 0.3) is 0 Å². The van der Waals surface area contributed by atoms with E-state index in [1.165, 1.54) is 63.7 Å². The van der Waals surface area contributed by atoms with Crippen LogP contribution in [0.4, 0.5) is 0 Å². The third-order valence-corrected chi connectivity index (χ3v) is 5.37. The fourth-order valence-corrected chi connectivity index (χ4v) is 4.19. The predicted molar refractivity (Wildman–Crippen MR) is 86.1 cm³/mol. The Labute approximate surface area is 128 Å². The minimum absolute atomic E-state index is 0.389. The Morgan fingerprint density at radius 3 is 2.81 bits per heavy atom. The van der Waals surface area contributed by atoms with Gasteiger partial charge in [0.1, 0.15) is 0 Å². The maximum absolute atomic E-state index is 4.61. The molecule has 4 heteroatoms. The van der Waals surface area contributed by atoms with Gasteiger partial charge < -0.3 is 5.32 Å². The van der Waals surface area contributed by atoms with Gasteiger partial charge in [-0.2, -0.15) is 5.10 Å². The number of aromatic nitrogens is 2. The fourth-order valence-electron chi connectivity index (χ4n) is 4.19. The van der Waals surface area contributed by atoms with Crippen LogP contribution in [0.3, 0.4) is 0 Å². The lowest BCUT2D eigenvalue weighted by Crippen LogP contribution is -2.64. The predicted octanol–water partition coefficient (Wildman–Crippen LogP) is 2.70. The van der Waals surface area contributed by atoms with Crippen LogP contribution in [0.2, 0.25) is 0 Å². The highest BCUT2D eigenvalue weighted by molar-refractivity contribution is 5.05. The first-order valence-corrected chi connectivity index (χ1v) is 8.69. The van der Waals surface area contributed by atoms with Gasteiger partial charge in [-0.25, -0.2) is 0 Å². The molecule has 118 valence electrons. The largest absolute Gasteiger partial charge is 0.311 e. The molecule has 1 aliphatic carbocycles. The highest BCUT2D eigenvalue weighted by Crippen LogP contribution is 2.36. The second kappa shape index (κ2) is 6.49. The zero-order valence-corrected chi connectivity index (χ0v) is 13.6. The first-order valence-electron chi connectivity index (χ1n) is 8.69. The van der Waals surface area contributed by atoms with Crippen LogP contribution < -0.4 is 5.32 Å². The van der Waals surface area contributed by atoms with Crippen LogP contribution >= 0.6 is 0 Å². The number of aryl methyl sites for hydroxylation is 1. The van der Waals surface area contributed by atoms with E-state index in [1.54, 1.807) is 0 Å². The van der Waals surface area contributed by atoms with Gasteiger partial charge in [-0.1, -0.05) is 32.6 Å². The van der Waals surface area contributed by atoms with Gasteiger partial charge in [0.2, 0.25) is 0 Å². The summed E-state index contributed by atoms with van der Waals surface area (Å²) >= 11 is 0. The van der Waals surface area contributed by atoms with E-state index >= 15 is 0 Å². The Kier molecular flexibility index (Phi) is 4.65. The minimum atomic E-state index is 0.389. The molecular weight excluding hydrogens is 260 g/mol. The number of hydrogen-bond acceptors (Lipinski definition) is 3. The molecule has 2 aliphatic rings. The number of hydrogen-bond donors (Lipinski definition) is 1. The normalized spacial score (nSPS) is 26.3. The van der Waals surface area contributed by atoms with Crippen LogP contribution in [0.15, 0.2) is 12.3 Å². The Balaban J connectivity index is 1.75. The van der Waals surface area contributed by atoms with Crippen molar-refractivity contribution in [2.45, 2.75) is 70.0 Å². The second-order valence-electron chi connectivity index (χ2n) is 7.01. The molecule has 1 saturated heterocycles. The monoisotopic (exact) mass is 290 g/mol. The third kappa shape index (κ3) is 3.32. The maximum atomic E-state index is 4.61. The standard InChI is InChI=1S/C17H30N4/c1-3-7-15-12-21(13-16-8-11-20(2)19-16)17(14-18-15)9-5-4-6-10-17/h8,11,15,18H,3-7,9-10,12-14H2,1-2H3. The lowest BCUT2D eigenvalue weighted by molar-refractivity contribution is 0.000933. The summed E-state index contributed by atoms with van der Waals surface area (Å²) in [4.78, 5) is 2.76. The summed E-state index contributed by atoms with van der Waals surface area (Å²) in [6.07, 6.45) is 11.5. The highest BCUT2D eigenvalue weighted by Gasteiger charge is 2.42. The second-order valence-corrected chi connectivity index (χ2v) is 7.01. The van der Waals surface area contributed by atoms with Crippen molar-refractivity contribution in [1.29, 1.82) is 0 Å². The number of nitrogens with zero attached hydrogens (tertiary/aromatic N) is 3. The number of nitrogens with one attached hydrogen (secondary N) is 1. The minimum Gasteiger partial charge on any atom is -0.311 e. The molecule has 3 rings (SSSR count). The van der Waals surface area contributed by atoms with Gasteiger partial charge in [-0.05, 0) is 25.3 Å². The summed E-state index contributed by atoms with van der Waals surface area (Å²) in [5, 5.41) is 8.44. The molecule has 2 fully saturated rings. The molecule has 0 aromatic carbocycles. The first-order chi connectivity index (χ1) is 10.2. The summed E-state index contributed by atoms with van der Waals surface area (Å²) in [6, 6.07) is 2.83. The van der Waals surface area contributed by atoms with E-state index in [0.29, 0.717) is 11.6 Å².